The number of nitrogens with zero attached hydrogens (tertiary/aromatic N) is 1. The van der Waals surface area contributed by atoms with Crippen LogP contribution in [0.4, 0.5) is 4.79 Å². The summed E-state index contributed by atoms with van der Waals surface area (Å²) in [7, 11) is 0. The van der Waals surface area contributed by atoms with Crippen LogP contribution in [0.15, 0.2) is 66.7 Å². The number of benzene rings is 2. The third-order valence-corrected chi connectivity index (χ3v) is 3.86. The van der Waals surface area contributed by atoms with Gasteiger partial charge in [0.15, 0.2) is 0 Å². The van der Waals surface area contributed by atoms with Crippen LogP contribution in [0, 0.1) is 0 Å². The minimum atomic E-state index is -1.10. The van der Waals surface area contributed by atoms with E-state index >= 15 is 0 Å². The average Bonchev–Trinajstić information content (AvgIpc) is 2.94. The van der Waals surface area contributed by atoms with Gasteiger partial charge < -0.3 is 9.84 Å². The number of cyclic esters (lactones) is 1. The molecule has 1 saturated heterocycles. The van der Waals surface area contributed by atoms with Crippen LogP contribution in [0.25, 0.3) is 5.70 Å². The molecule has 1 fully saturated rings. The molecule has 0 bridgehead atoms. The first-order chi connectivity index (χ1) is 11.6. The molecule has 1 N–H and O–H groups in total. The average molecular weight is 323 g/mol. The van der Waals surface area contributed by atoms with Gasteiger partial charge in [0.25, 0.3) is 0 Å². The first kappa shape index (κ1) is 15.8. The predicted molar refractivity (Wildman–Crippen MR) is 89.2 cm³/mol. The number of carbonyl (C=O) groups excluding carboxylic acids is 1. The SMILES string of the molecule is O=C(O)C=C(c1ccccc1)N1C(=O)OCC1Cc1ccccc1. The summed E-state index contributed by atoms with van der Waals surface area (Å²) in [6.07, 6.45) is 1.13. The second-order valence-electron chi connectivity index (χ2n) is 5.52. The van der Waals surface area contributed by atoms with Crippen LogP contribution in [0.2, 0.25) is 0 Å². The highest BCUT2D eigenvalue weighted by atomic mass is 16.6. The van der Waals surface area contributed by atoms with Crippen molar-refractivity contribution in [1.82, 2.24) is 4.90 Å². The Bertz CT molecular complexity index is 755. The number of hydrogen-bond donors (Lipinski definition) is 1. The van der Waals surface area contributed by atoms with Gasteiger partial charge >= 0.3 is 12.1 Å². The number of hydrogen-bond acceptors (Lipinski definition) is 3. The molecule has 0 spiro atoms. The van der Waals surface area contributed by atoms with E-state index in [4.69, 9.17) is 4.74 Å². The number of amides is 1. The second kappa shape index (κ2) is 7.00. The van der Waals surface area contributed by atoms with Crippen molar-refractivity contribution in [2.75, 3.05) is 6.61 Å². The molecule has 1 aliphatic rings. The second-order valence-corrected chi connectivity index (χ2v) is 5.52. The van der Waals surface area contributed by atoms with Crippen molar-refractivity contribution >= 4 is 17.8 Å². The molecule has 1 heterocycles. The Morgan fingerprint density at radius 2 is 1.75 bits per heavy atom. The van der Waals surface area contributed by atoms with Crippen LogP contribution >= 0.6 is 0 Å². The Hall–Kier alpha value is -3.08. The zero-order valence-corrected chi connectivity index (χ0v) is 13.0. The molecule has 0 aromatic heterocycles. The molecule has 3 rings (SSSR count). The number of ether oxygens (including phenoxy) is 1. The molecule has 1 unspecified atom stereocenters. The Morgan fingerprint density at radius 3 is 2.38 bits per heavy atom. The predicted octanol–water partition coefficient (Wildman–Crippen LogP) is 3.18. The van der Waals surface area contributed by atoms with Gasteiger partial charge in [-0.25, -0.2) is 9.59 Å². The Balaban J connectivity index is 1.95. The monoisotopic (exact) mass is 323 g/mol. The van der Waals surface area contributed by atoms with Gasteiger partial charge in [-0.05, 0) is 17.5 Å². The molecular weight excluding hydrogens is 306 g/mol. The van der Waals surface area contributed by atoms with Crippen molar-refractivity contribution in [2.24, 2.45) is 0 Å². The highest BCUT2D eigenvalue weighted by Gasteiger charge is 2.36. The van der Waals surface area contributed by atoms with Crippen LogP contribution in [-0.2, 0) is 16.0 Å². The zero-order chi connectivity index (χ0) is 16.9. The van der Waals surface area contributed by atoms with Crippen molar-refractivity contribution in [1.29, 1.82) is 0 Å². The summed E-state index contributed by atoms with van der Waals surface area (Å²) in [5.74, 6) is -1.10. The van der Waals surface area contributed by atoms with Crippen LogP contribution in [0.5, 0.6) is 0 Å². The van der Waals surface area contributed by atoms with Crippen molar-refractivity contribution in [3.63, 3.8) is 0 Å². The van der Waals surface area contributed by atoms with E-state index in [1.807, 2.05) is 36.4 Å². The van der Waals surface area contributed by atoms with E-state index in [2.05, 4.69) is 0 Å². The van der Waals surface area contributed by atoms with Crippen LogP contribution < -0.4 is 0 Å². The first-order valence-corrected chi connectivity index (χ1v) is 7.65. The standard InChI is InChI=1S/C19H17NO4/c21-18(22)12-17(15-9-5-2-6-10-15)20-16(13-24-19(20)23)11-14-7-3-1-4-8-14/h1-10,12,16H,11,13H2,(H,21,22). The summed E-state index contributed by atoms with van der Waals surface area (Å²) in [5.41, 5.74) is 2.07. The first-order valence-electron chi connectivity index (χ1n) is 7.65. The number of carboxylic acid groups (broad SMARTS) is 1. The summed E-state index contributed by atoms with van der Waals surface area (Å²) in [6.45, 7) is 0.234. The summed E-state index contributed by atoms with van der Waals surface area (Å²) >= 11 is 0. The number of carbonyl (C=O) groups is 2. The Kier molecular flexibility index (Phi) is 4.61. The van der Waals surface area contributed by atoms with Crippen LogP contribution in [0.3, 0.4) is 0 Å². The number of rotatable bonds is 5. The van der Waals surface area contributed by atoms with E-state index in [0.717, 1.165) is 11.6 Å². The molecule has 5 nitrogen and oxygen atoms in total. The van der Waals surface area contributed by atoms with E-state index < -0.39 is 12.1 Å². The maximum atomic E-state index is 12.2. The third-order valence-electron chi connectivity index (χ3n) is 3.86. The number of carboxylic acids is 1. The minimum absolute atomic E-state index is 0.234. The largest absolute Gasteiger partial charge is 0.478 e. The molecule has 0 radical (unpaired) electrons. The van der Waals surface area contributed by atoms with Gasteiger partial charge in [-0.3, -0.25) is 4.90 Å². The fraction of sp³-hybridized carbons (Fsp3) is 0.158. The minimum Gasteiger partial charge on any atom is -0.478 e. The molecule has 1 amide bonds. The topological polar surface area (TPSA) is 66.8 Å². The van der Waals surface area contributed by atoms with E-state index in [1.54, 1.807) is 24.3 Å². The lowest BCUT2D eigenvalue weighted by Crippen LogP contribution is -2.34. The van der Waals surface area contributed by atoms with Crippen molar-refractivity contribution in [2.45, 2.75) is 12.5 Å². The highest BCUT2D eigenvalue weighted by Crippen LogP contribution is 2.28. The summed E-state index contributed by atoms with van der Waals surface area (Å²) in [4.78, 5) is 24.9. The Morgan fingerprint density at radius 1 is 1.12 bits per heavy atom. The van der Waals surface area contributed by atoms with Crippen LogP contribution in [-0.4, -0.2) is 34.7 Å². The fourth-order valence-electron chi connectivity index (χ4n) is 2.81. The van der Waals surface area contributed by atoms with Gasteiger partial charge in [-0.15, -0.1) is 0 Å². The van der Waals surface area contributed by atoms with Crippen molar-refractivity contribution in [3.05, 3.63) is 77.9 Å². The molecular formula is C19H17NO4. The molecule has 5 heteroatoms. The van der Waals surface area contributed by atoms with Crippen molar-refractivity contribution in [3.8, 4) is 0 Å². The van der Waals surface area contributed by atoms with E-state index in [0.29, 0.717) is 17.7 Å². The molecule has 0 saturated carbocycles. The zero-order valence-electron chi connectivity index (χ0n) is 13.0. The third kappa shape index (κ3) is 3.46. The van der Waals surface area contributed by atoms with Gasteiger partial charge in [0, 0.05) is 6.08 Å². The molecule has 1 aliphatic heterocycles. The summed E-state index contributed by atoms with van der Waals surface area (Å²) in [6, 6.07) is 18.5. The molecule has 1 atom stereocenters. The lowest BCUT2D eigenvalue weighted by Gasteiger charge is -2.24. The smallest absolute Gasteiger partial charge is 0.414 e. The Labute approximate surface area is 139 Å². The quantitative estimate of drug-likeness (QED) is 0.858. The number of aliphatic carboxylic acids is 1. The van der Waals surface area contributed by atoms with E-state index in [-0.39, 0.29) is 12.6 Å². The molecule has 0 aliphatic carbocycles. The van der Waals surface area contributed by atoms with E-state index in [1.165, 1.54) is 4.90 Å². The van der Waals surface area contributed by atoms with Gasteiger partial charge in [0.05, 0.1) is 11.7 Å². The van der Waals surface area contributed by atoms with Gasteiger partial charge in [-0.2, -0.15) is 0 Å². The van der Waals surface area contributed by atoms with E-state index in [9.17, 15) is 14.7 Å². The highest BCUT2D eigenvalue weighted by molar-refractivity contribution is 5.94. The lowest BCUT2D eigenvalue weighted by molar-refractivity contribution is -0.131. The molecule has 24 heavy (non-hydrogen) atoms. The molecule has 122 valence electrons. The fourth-order valence-corrected chi connectivity index (χ4v) is 2.81. The molecule has 2 aromatic carbocycles. The van der Waals surface area contributed by atoms with Gasteiger partial charge in [-0.1, -0.05) is 60.7 Å². The van der Waals surface area contributed by atoms with Crippen LogP contribution in [0.1, 0.15) is 11.1 Å². The summed E-state index contributed by atoms with van der Waals surface area (Å²) in [5, 5.41) is 9.21. The van der Waals surface area contributed by atoms with Gasteiger partial charge in [0.1, 0.15) is 6.61 Å². The van der Waals surface area contributed by atoms with Crippen molar-refractivity contribution < 1.29 is 19.4 Å². The summed E-state index contributed by atoms with van der Waals surface area (Å²) < 4.78 is 5.19. The normalized spacial score (nSPS) is 17.7. The molecule has 2 aromatic rings. The maximum absolute atomic E-state index is 12.2. The maximum Gasteiger partial charge on any atom is 0.414 e. The lowest BCUT2D eigenvalue weighted by atomic mass is 10.0. The van der Waals surface area contributed by atoms with Gasteiger partial charge in [0.2, 0.25) is 0 Å².